The van der Waals surface area contributed by atoms with Gasteiger partial charge < -0.3 is 15.0 Å². The first-order valence-corrected chi connectivity index (χ1v) is 10.6. The number of amides is 2. The predicted octanol–water partition coefficient (Wildman–Crippen LogP) is 3.29. The molecule has 3 aliphatic rings. The third-order valence-electron chi connectivity index (χ3n) is 6.32. The molecule has 156 valence electrons. The summed E-state index contributed by atoms with van der Waals surface area (Å²) in [5.74, 6) is 0.767. The summed E-state index contributed by atoms with van der Waals surface area (Å²) in [5, 5.41) is 4.20. The minimum absolute atomic E-state index is 0.0289. The van der Waals surface area contributed by atoms with Gasteiger partial charge in [0.15, 0.2) is 0 Å². The highest BCUT2D eigenvalue weighted by molar-refractivity contribution is 6.30. The molecule has 2 atom stereocenters. The predicted molar refractivity (Wildman–Crippen MR) is 113 cm³/mol. The number of likely N-dealkylation sites (tertiary alicyclic amines) is 1. The summed E-state index contributed by atoms with van der Waals surface area (Å²) in [7, 11) is 0. The van der Waals surface area contributed by atoms with E-state index in [4.69, 9.17) is 16.3 Å². The Kier molecular flexibility index (Phi) is 4.58. The Balaban J connectivity index is 1.31. The molecule has 2 fully saturated rings. The van der Waals surface area contributed by atoms with Gasteiger partial charge in [0.1, 0.15) is 12.4 Å². The molecule has 0 aliphatic carbocycles. The van der Waals surface area contributed by atoms with Crippen LogP contribution in [0.2, 0.25) is 5.02 Å². The van der Waals surface area contributed by atoms with Gasteiger partial charge in [-0.1, -0.05) is 23.7 Å². The van der Waals surface area contributed by atoms with E-state index in [9.17, 15) is 9.59 Å². The summed E-state index contributed by atoms with van der Waals surface area (Å²) in [4.78, 5) is 32.9. The summed E-state index contributed by atoms with van der Waals surface area (Å²) >= 11 is 6.03. The van der Waals surface area contributed by atoms with E-state index in [2.05, 4.69) is 17.2 Å². The number of carbonyl (C=O) groups excluding carboxylic acids is 2. The van der Waals surface area contributed by atoms with Crippen molar-refractivity contribution in [3.8, 4) is 0 Å². The first-order valence-electron chi connectivity index (χ1n) is 10.2. The fourth-order valence-corrected chi connectivity index (χ4v) is 4.78. The number of pyridine rings is 1. The molecule has 1 aromatic carbocycles. The monoisotopic (exact) mass is 426 g/mol. The number of hydrogen-bond acceptors (Lipinski definition) is 5. The van der Waals surface area contributed by atoms with Crippen LogP contribution in [0.15, 0.2) is 36.5 Å². The van der Waals surface area contributed by atoms with Crippen LogP contribution in [-0.4, -0.2) is 59.1 Å². The number of rotatable bonds is 3. The maximum atomic E-state index is 13.1. The molecule has 0 bridgehead atoms. The second-order valence-electron chi connectivity index (χ2n) is 8.37. The molecule has 2 aromatic rings. The zero-order valence-corrected chi connectivity index (χ0v) is 17.5. The number of cyclic esters (lactones) is 1. The molecule has 0 radical (unpaired) electrons. The lowest BCUT2D eigenvalue weighted by Crippen LogP contribution is -2.39. The van der Waals surface area contributed by atoms with Crippen molar-refractivity contribution < 1.29 is 14.3 Å². The molecule has 30 heavy (non-hydrogen) atoms. The zero-order chi connectivity index (χ0) is 20.9. The molecule has 8 heteroatoms. The van der Waals surface area contributed by atoms with E-state index >= 15 is 0 Å². The van der Waals surface area contributed by atoms with Gasteiger partial charge in [-0.15, -0.1) is 0 Å². The molecule has 0 saturated carbocycles. The third-order valence-corrected chi connectivity index (χ3v) is 6.57. The Morgan fingerprint density at radius 3 is 2.83 bits per heavy atom. The molecule has 3 aliphatic heterocycles. The van der Waals surface area contributed by atoms with Crippen LogP contribution in [0.5, 0.6) is 0 Å². The lowest BCUT2D eigenvalue weighted by atomic mass is 9.89. The first-order chi connectivity index (χ1) is 14.4. The zero-order valence-electron chi connectivity index (χ0n) is 16.7. The molecule has 2 amide bonds. The first kappa shape index (κ1) is 19.2. The van der Waals surface area contributed by atoms with E-state index < -0.39 is 0 Å². The van der Waals surface area contributed by atoms with Gasteiger partial charge in [0, 0.05) is 30.7 Å². The van der Waals surface area contributed by atoms with Crippen molar-refractivity contribution in [1.29, 1.82) is 0 Å². The maximum Gasteiger partial charge on any atom is 0.410 e. The average Bonchev–Trinajstić information content (AvgIpc) is 3.45. The van der Waals surface area contributed by atoms with Gasteiger partial charge in [0.05, 0.1) is 23.7 Å². The van der Waals surface area contributed by atoms with Crippen LogP contribution in [0.3, 0.4) is 0 Å². The van der Waals surface area contributed by atoms with Crippen LogP contribution in [0, 0.1) is 0 Å². The van der Waals surface area contributed by atoms with Crippen molar-refractivity contribution in [2.45, 2.75) is 31.3 Å². The van der Waals surface area contributed by atoms with E-state index in [1.54, 1.807) is 16.0 Å². The van der Waals surface area contributed by atoms with Crippen molar-refractivity contribution in [2.24, 2.45) is 0 Å². The molecular formula is C22H23ClN4O3. The number of carbonyl (C=O) groups is 2. The molecule has 7 nitrogen and oxygen atoms in total. The van der Waals surface area contributed by atoms with Gasteiger partial charge in [-0.25, -0.2) is 9.78 Å². The van der Waals surface area contributed by atoms with Gasteiger partial charge in [-0.3, -0.25) is 9.69 Å². The van der Waals surface area contributed by atoms with Crippen LogP contribution < -0.4 is 5.32 Å². The van der Waals surface area contributed by atoms with Crippen molar-refractivity contribution in [1.82, 2.24) is 14.8 Å². The van der Waals surface area contributed by atoms with Gasteiger partial charge in [-0.05, 0) is 42.7 Å². The van der Waals surface area contributed by atoms with Crippen molar-refractivity contribution in [3.05, 3.63) is 58.2 Å². The second-order valence-corrected chi connectivity index (χ2v) is 8.81. The standard InChI is InChI=1S/C22H23ClN4O3/c1-22(16-2-4-17(23)5-3-16)11-14-10-15(12-24-19(14)25-22)20(28)26-7-6-18(13-26)27-8-9-30-21(27)29/h2-5,10,12,18H,6-9,11,13H2,1H3,(H,24,25)/t18-,22?/m0/s1. The normalized spacial score (nSPS) is 25.3. The number of aromatic nitrogens is 1. The Labute approximate surface area is 180 Å². The van der Waals surface area contributed by atoms with Gasteiger partial charge in [0.2, 0.25) is 0 Å². The Morgan fingerprint density at radius 1 is 1.30 bits per heavy atom. The summed E-state index contributed by atoms with van der Waals surface area (Å²) in [6.07, 6.45) is 2.87. The van der Waals surface area contributed by atoms with Crippen LogP contribution in [-0.2, 0) is 16.7 Å². The fraction of sp³-hybridized carbons (Fsp3) is 0.409. The summed E-state index contributed by atoms with van der Waals surface area (Å²) in [5.41, 5.74) is 2.44. The van der Waals surface area contributed by atoms with Gasteiger partial charge in [-0.2, -0.15) is 0 Å². The fourth-order valence-electron chi connectivity index (χ4n) is 4.65. The molecule has 1 aromatic heterocycles. The number of nitrogens with one attached hydrogen (secondary N) is 1. The van der Waals surface area contributed by atoms with Crippen LogP contribution >= 0.6 is 11.6 Å². The second kappa shape index (κ2) is 7.16. The molecule has 5 rings (SSSR count). The van der Waals surface area contributed by atoms with E-state index in [1.807, 2.05) is 30.3 Å². The topological polar surface area (TPSA) is 74.8 Å². The molecule has 1 unspecified atom stereocenters. The quantitative estimate of drug-likeness (QED) is 0.815. The summed E-state index contributed by atoms with van der Waals surface area (Å²) < 4.78 is 5.03. The molecule has 2 saturated heterocycles. The lowest BCUT2D eigenvalue weighted by molar-refractivity contribution is 0.0779. The van der Waals surface area contributed by atoms with Crippen molar-refractivity contribution in [3.63, 3.8) is 0 Å². The SMILES string of the molecule is CC1(c2ccc(Cl)cc2)Cc2cc(C(=O)N3CC[C@H](N4CCOC4=O)C3)cnc2N1. The van der Waals surface area contributed by atoms with Crippen LogP contribution in [0.1, 0.15) is 34.8 Å². The third kappa shape index (κ3) is 3.27. The summed E-state index contributed by atoms with van der Waals surface area (Å²) in [6, 6.07) is 9.77. The smallest absolute Gasteiger partial charge is 0.410 e. The number of halogens is 1. The number of hydrogen-bond donors (Lipinski definition) is 1. The van der Waals surface area contributed by atoms with E-state index in [0.717, 1.165) is 29.8 Å². The number of anilines is 1. The number of ether oxygens (including phenoxy) is 1. The number of benzene rings is 1. The highest BCUT2D eigenvalue weighted by Crippen LogP contribution is 2.38. The van der Waals surface area contributed by atoms with Crippen LogP contribution in [0.4, 0.5) is 10.6 Å². The number of fused-ring (bicyclic) bond motifs is 1. The van der Waals surface area contributed by atoms with Crippen molar-refractivity contribution >= 4 is 29.4 Å². The van der Waals surface area contributed by atoms with Gasteiger partial charge >= 0.3 is 6.09 Å². The molecule has 4 heterocycles. The van der Waals surface area contributed by atoms with Crippen LogP contribution in [0.25, 0.3) is 0 Å². The summed E-state index contributed by atoms with van der Waals surface area (Å²) in [6.45, 7) is 4.31. The minimum atomic E-state index is -0.295. The number of nitrogens with zero attached hydrogens (tertiary/aromatic N) is 3. The van der Waals surface area contributed by atoms with E-state index in [0.29, 0.717) is 36.8 Å². The van der Waals surface area contributed by atoms with E-state index in [1.165, 1.54) is 0 Å². The highest BCUT2D eigenvalue weighted by Gasteiger charge is 2.38. The minimum Gasteiger partial charge on any atom is -0.448 e. The highest BCUT2D eigenvalue weighted by atomic mass is 35.5. The van der Waals surface area contributed by atoms with E-state index in [-0.39, 0.29) is 23.6 Å². The van der Waals surface area contributed by atoms with Crippen molar-refractivity contribution in [2.75, 3.05) is 31.6 Å². The molecule has 0 spiro atoms. The van der Waals surface area contributed by atoms with Gasteiger partial charge in [0.25, 0.3) is 5.91 Å². The Hall–Kier alpha value is -2.80. The molecule has 1 N–H and O–H groups in total. The Bertz CT molecular complexity index is 1010. The maximum absolute atomic E-state index is 13.1. The lowest BCUT2D eigenvalue weighted by Gasteiger charge is -2.25. The largest absolute Gasteiger partial charge is 0.448 e. The average molecular weight is 427 g/mol. The molecular weight excluding hydrogens is 404 g/mol. The Morgan fingerprint density at radius 2 is 2.10 bits per heavy atom.